The Bertz CT molecular complexity index is 757. The number of nitrogens with zero attached hydrogens (tertiary/aromatic N) is 2. The van der Waals surface area contributed by atoms with Crippen LogP contribution in [-0.4, -0.2) is 23.5 Å². The molecule has 1 amide bonds. The van der Waals surface area contributed by atoms with Crippen molar-refractivity contribution in [3.8, 4) is 0 Å². The summed E-state index contributed by atoms with van der Waals surface area (Å²) in [7, 11) is 0. The highest BCUT2D eigenvalue weighted by atomic mass is 16.1. The van der Waals surface area contributed by atoms with Crippen LogP contribution in [0.2, 0.25) is 0 Å². The second-order valence-electron chi connectivity index (χ2n) is 7.38. The maximum absolute atomic E-state index is 12.8. The smallest absolute Gasteiger partial charge is 0.257 e. The largest absolute Gasteiger partial charge is 0.367 e. The number of hydrogen-bond acceptors (Lipinski definition) is 3. The molecule has 3 rings (SSSR count). The number of rotatable bonds is 5. The van der Waals surface area contributed by atoms with Crippen LogP contribution in [0.1, 0.15) is 68.3 Å². The summed E-state index contributed by atoms with van der Waals surface area (Å²) >= 11 is 0. The molecular formula is C22H29N3O. The van der Waals surface area contributed by atoms with Gasteiger partial charge in [0.1, 0.15) is 0 Å². The molecule has 4 nitrogen and oxygen atoms in total. The van der Waals surface area contributed by atoms with E-state index in [2.05, 4.69) is 42.0 Å². The van der Waals surface area contributed by atoms with Crippen LogP contribution in [0.4, 0.5) is 11.4 Å². The number of anilines is 2. The molecule has 1 aromatic carbocycles. The van der Waals surface area contributed by atoms with Crippen molar-refractivity contribution in [3.05, 3.63) is 53.9 Å². The van der Waals surface area contributed by atoms with Gasteiger partial charge in [-0.05, 0) is 49.3 Å². The third kappa shape index (κ3) is 4.06. The lowest BCUT2D eigenvalue weighted by Crippen LogP contribution is -2.39. The SMILES string of the molecule is CCC1CCCCN1c1cncc(C(=O)Nc2ccccc2C(C)C)c1. The Balaban J connectivity index is 1.81. The van der Waals surface area contributed by atoms with Crippen molar-refractivity contribution in [1.82, 2.24) is 4.98 Å². The lowest BCUT2D eigenvalue weighted by Gasteiger charge is -2.37. The lowest BCUT2D eigenvalue weighted by molar-refractivity contribution is 0.102. The van der Waals surface area contributed by atoms with Crippen molar-refractivity contribution in [2.24, 2.45) is 0 Å². The van der Waals surface area contributed by atoms with Gasteiger partial charge in [0, 0.05) is 24.5 Å². The number of piperidine rings is 1. The van der Waals surface area contributed by atoms with E-state index in [1.807, 2.05) is 30.5 Å². The van der Waals surface area contributed by atoms with Gasteiger partial charge in [0.25, 0.3) is 5.91 Å². The Labute approximate surface area is 156 Å². The molecule has 0 saturated carbocycles. The first-order valence-electron chi connectivity index (χ1n) is 9.72. The highest BCUT2D eigenvalue weighted by Gasteiger charge is 2.22. The average Bonchev–Trinajstić information content (AvgIpc) is 2.68. The molecule has 0 radical (unpaired) electrons. The third-order valence-corrected chi connectivity index (χ3v) is 5.25. The van der Waals surface area contributed by atoms with Gasteiger partial charge in [-0.3, -0.25) is 9.78 Å². The number of para-hydroxylation sites is 1. The number of amides is 1. The normalized spacial score (nSPS) is 17.4. The Hall–Kier alpha value is -2.36. The van der Waals surface area contributed by atoms with Gasteiger partial charge in [0.2, 0.25) is 0 Å². The number of benzene rings is 1. The van der Waals surface area contributed by atoms with Crippen LogP contribution >= 0.6 is 0 Å². The van der Waals surface area contributed by atoms with Crippen molar-refractivity contribution < 1.29 is 4.79 Å². The number of aromatic nitrogens is 1. The van der Waals surface area contributed by atoms with Crippen LogP contribution in [0, 0.1) is 0 Å². The van der Waals surface area contributed by atoms with Gasteiger partial charge in [0.05, 0.1) is 17.4 Å². The van der Waals surface area contributed by atoms with Crippen molar-refractivity contribution in [3.63, 3.8) is 0 Å². The Morgan fingerprint density at radius 2 is 2.08 bits per heavy atom. The second kappa shape index (κ2) is 8.35. The summed E-state index contributed by atoms with van der Waals surface area (Å²) < 4.78 is 0. The van der Waals surface area contributed by atoms with Crippen LogP contribution in [0.5, 0.6) is 0 Å². The zero-order chi connectivity index (χ0) is 18.5. The van der Waals surface area contributed by atoms with E-state index >= 15 is 0 Å². The highest BCUT2D eigenvalue weighted by Crippen LogP contribution is 2.27. The molecule has 26 heavy (non-hydrogen) atoms. The van der Waals surface area contributed by atoms with Gasteiger partial charge in [-0.1, -0.05) is 39.0 Å². The van der Waals surface area contributed by atoms with Gasteiger partial charge in [0.15, 0.2) is 0 Å². The van der Waals surface area contributed by atoms with E-state index in [4.69, 9.17) is 0 Å². The topological polar surface area (TPSA) is 45.2 Å². The van der Waals surface area contributed by atoms with Crippen LogP contribution < -0.4 is 10.2 Å². The Morgan fingerprint density at radius 3 is 2.85 bits per heavy atom. The molecule has 1 saturated heterocycles. The fourth-order valence-corrected chi connectivity index (χ4v) is 3.78. The van der Waals surface area contributed by atoms with E-state index in [9.17, 15) is 4.79 Å². The minimum absolute atomic E-state index is 0.0995. The maximum atomic E-state index is 12.8. The van der Waals surface area contributed by atoms with Crippen LogP contribution in [0.15, 0.2) is 42.7 Å². The summed E-state index contributed by atoms with van der Waals surface area (Å²) in [5.41, 5.74) is 3.69. The van der Waals surface area contributed by atoms with Crippen molar-refractivity contribution in [2.45, 2.75) is 58.4 Å². The standard InChI is InChI=1S/C22H29N3O/c1-4-18-9-7-8-12-25(18)19-13-17(14-23-15-19)22(26)24-21-11-6-5-10-20(21)16(2)3/h5-6,10-11,13-16,18H,4,7-9,12H2,1-3H3,(H,24,26). The molecule has 0 bridgehead atoms. The summed E-state index contributed by atoms with van der Waals surface area (Å²) in [6, 6.07) is 10.5. The highest BCUT2D eigenvalue weighted by molar-refractivity contribution is 6.05. The summed E-state index contributed by atoms with van der Waals surface area (Å²) in [5, 5.41) is 3.07. The molecule has 1 aromatic heterocycles. The summed E-state index contributed by atoms with van der Waals surface area (Å²) in [4.78, 5) is 19.6. The van der Waals surface area contributed by atoms with E-state index in [1.54, 1.807) is 6.20 Å². The quantitative estimate of drug-likeness (QED) is 0.802. The summed E-state index contributed by atoms with van der Waals surface area (Å²) in [5.74, 6) is 0.257. The molecule has 138 valence electrons. The predicted octanol–water partition coefficient (Wildman–Crippen LogP) is 5.23. The molecule has 1 atom stereocenters. The first-order chi connectivity index (χ1) is 12.6. The average molecular weight is 351 g/mol. The summed E-state index contributed by atoms with van der Waals surface area (Å²) in [6.45, 7) is 7.54. The lowest BCUT2D eigenvalue weighted by atomic mass is 9.99. The molecule has 1 aliphatic rings. The molecule has 1 aliphatic heterocycles. The molecular weight excluding hydrogens is 322 g/mol. The van der Waals surface area contributed by atoms with Crippen LogP contribution in [0.25, 0.3) is 0 Å². The summed E-state index contributed by atoms with van der Waals surface area (Å²) in [6.07, 6.45) is 8.37. The molecule has 1 N–H and O–H groups in total. The Kier molecular flexibility index (Phi) is 5.92. The zero-order valence-corrected chi connectivity index (χ0v) is 16.0. The Morgan fingerprint density at radius 1 is 1.27 bits per heavy atom. The fourth-order valence-electron chi connectivity index (χ4n) is 3.78. The fraction of sp³-hybridized carbons (Fsp3) is 0.455. The van der Waals surface area contributed by atoms with Gasteiger partial charge in [-0.15, -0.1) is 0 Å². The first-order valence-corrected chi connectivity index (χ1v) is 9.72. The molecule has 1 fully saturated rings. The van der Waals surface area contributed by atoms with E-state index in [0.717, 1.165) is 29.9 Å². The number of carbonyl (C=O) groups is 1. The zero-order valence-electron chi connectivity index (χ0n) is 16.0. The van der Waals surface area contributed by atoms with Crippen LogP contribution in [0.3, 0.4) is 0 Å². The van der Waals surface area contributed by atoms with E-state index < -0.39 is 0 Å². The monoisotopic (exact) mass is 351 g/mol. The second-order valence-corrected chi connectivity index (χ2v) is 7.38. The first kappa shape index (κ1) is 18.4. The van der Waals surface area contributed by atoms with Crippen LogP contribution in [-0.2, 0) is 0 Å². The minimum Gasteiger partial charge on any atom is -0.367 e. The number of carbonyl (C=O) groups excluding carboxylic acids is 1. The van der Waals surface area contributed by atoms with Gasteiger partial charge < -0.3 is 10.2 Å². The van der Waals surface area contributed by atoms with Gasteiger partial charge in [-0.2, -0.15) is 0 Å². The van der Waals surface area contributed by atoms with Gasteiger partial charge in [-0.25, -0.2) is 0 Å². The number of nitrogens with one attached hydrogen (secondary N) is 1. The molecule has 0 aliphatic carbocycles. The predicted molar refractivity (Wildman–Crippen MR) is 108 cm³/mol. The molecule has 2 aromatic rings. The van der Waals surface area contributed by atoms with Crippen molar-refractivity contribution in [2.75, 3.05) is 16.8 Å². The molecule has 2 heterocycles. The van der Waals surface area contributed by atoms with Gasteiger partial charge >= 0.3 is 0 Å². The van der Waals surface area contributed by atoms with E-state index in [0.29, 0.717) is 17.5 Å². The third-order valence-electron chi connectivity index (χ3n) is 5.25. The minimum atomic E-state index is -0.0995. The van der Waals surface area contributed by atoms with E-state index in [1.165, 1.54) is 19.3 Å². The maximum Gasteiger partial charge on any atom is 0.257 e. The molecule has 0 spiro atoms. The number of hydrogen-bond donors (Lipinski definition) is 1. The van der Waals surface area contributed by atoms with Crippen molar-refractivity contribution in [1.29, 1.82) is 0 Å². The number of pyridine rings is 1. The molecule has 1 unspecified atom stereocenters. The van der Waals surface area contributed by atoms with E-state index in [-0.39, 0.29) is 5.91 Å². The van der Waals surface area contributed by atoms with Crippen molar-refractivity contribution >= 4 is 17.3 Å². The molecule has 4 heteroatoms.